The lowest BCUT2D eigenvalue weighted by Gasteiger charge is -2.25. The number of amides is 2. The van der Waals surface area contributed by atoms with Crippen LogP contribution >= 0.6 is 46.4 Å². The number of carbonyl (C=O) groups excluding carboxylic acids is 2. The molecule has 2 amide bonds. The van der Waals surface area contributed by atoms with Gasteiger partial charge in [-0.15, -0.1) is 0 Å². The number of rotatable bonds is 6. The van der Waals surface area contributed by atoms with E-state index in [0.717, 1.165) is 0 Å². The highest BCUT2D eigenvalue weighted by Crippen LogP contribution is 2.22. The Morgan fingerprint density at radius 2 is 1.15 bits per heavy atom. The third kappa shape index (κ3) is 6.28. The van der Waals surface area contributed by atoms with Crippen LogP contribution in [0, 0.1) is 5.41 Å². The first-order valence-electron chi connectivity index (χ1n) is 8.05. The summed E-state index contributed by atoms with van der Waals surface area (Å²) in [6, 6.07) is 9.36. The van der Waals surface area contributed by atoms with Crippen LogP contribution in [-0.2, 0) is 0 Å². The zero-order valence-corrected chi connectivity index (χ0v) is 17.7. The van der Waals surface area contributed by atoms with Gasteiger partial charge in [0.2, 0.25) is 0 Å². The minimum absolute atomic E-state index is 0.281. The van der Waals surface area contributed by atoms with E-state index in [2.05, 4.69) is 10.6 Å². The van der Waals surface area contributed by atoms with Gasteiger partial charge in [0.25, 0.3) is 11.8 Å². The summed E-state index contributed by atoms with van der Waals surface area (Å²) >= 11 is 23.8. The van der Waals surface area contributed by atoms with E-state index in [1.807, 2.05) is 13.8 Å². The molecule has 0 saturated carbocycles. The van der Waals surface area contributed by atoms with Crippen molar-refractivity contribution >= 4 is 58.2 Å². The fraction of sp³-hybridized carbons (Fsp3) is 0.263. The monoisotopic (exact) mass is 446 g/mol. The number of carbonyl (C=O) groups is 2. The average Bonchev–Trinajstić information content (AvgIpc) is 2.58. The van der Waals surface area contributed by atoms with Crippen LogP contribution in [0.3, 0.4) is 0 Å². The highest BCUT2D eigenvalue weighted by molar-refractivity contribution is 6.37. The molecule has 0 fully saturated rings. The normalized spacial score (nSPS) is 11.2. The molecule has 2 aromatic rings. The summed E-state index contributed by atoms with van der Waals surface area (Å²) in [4.78, 5) is 24.6. The van der Waals surface area contributed by atoms with Gasteiger partial charge in [0.05, 0.1) is 21.2 Å². The zero-order valence-electron chi connectivity index (χ0n) is 14.7. The van der Waals surface area contributed by atoms with Gasteiger partial charge in [-0.25, -0.2) is 0 Å². The zero-order chi connectivity index (χ0) is 20.2. The Morgan fingerprint density at radius 3 is 1.48 bits per heavy atom. The van der Waals surface area contributed by atoms with Gasteiger partial charge in [-0.1, -0.05) is 60.3 Å². The molecule has 0 atom stereocenters. The smallest absolute Gasteiger partial charge is 0.252 e. The van der Waals surface area contributed by atoms with Crippen molar-refractivity contribution in [3.05, 3.63) is 67.6 Å². The lowest BCUT2D eigenvalue weighted by atomic mass is 9.93. The Morgan fingerprint density at radius 1 is 0.778 bits per heavy atom. The van der Waals surface area contributed by atoms with Gasteiger partial charge in [-0.3, -0.25) is 9.59 Å². The molecule has 0 heterocycles. The van der Waals surface area contributed by atoms with E-state index in [-0.39, 0.29) is 21.9 Å². The van der Waals surface area contributed by atoms with E-state index in [4.69, 9.17) is 46.4 Å². The second-order valence-electron chi connectivity index (χ2n) is 6.78. The molecule has 0 aliphatic rings. The summed E-state index contributed by atoms with van der Waals surface area (Å²) in [5.74, 6) is -0.617. The molecule has 8 heteroatoms. The highest BCUT2D eigenvalue weighted by atomic mass is 35.5. The van der Waals surface area contributed by atoms with Gasteiger partial charge in [-0.2, -0.15) is 0 Å². The van der Waals surface area contributed by atoms with Gasteiger partial charge in [0.1, 0.15) is 0 Å². The lowest BCUT2D eigenvalue weighted by molar-refractivity contribution is 0.0920. The molecule has 0 saturated heterocycles. The maximum atomic E-state index is 12.3. The third-order valence-corrected chi connectivity index (χ3v) is 4.90. The molecule has 0 aliphatic carbocycles. The third-order valence-electron chi connectivity index (χ3n) is 3.81. The van der Waals surface area contributed by atoms with Crippen molar-refractivity contribution in [3.8, 4) is 0 Å². The Labute approximate surface area is 178 Å². The van der Waals surface area contributed by atoms with Crippen LogP contribution in [0.1, 0.15) is 34.6 Å². The number of hydrogen-bond acceptors (Lipinski definition) is 2. The molecule has 0 spiro atoms. The maximum Gasteiger partial charge on any atom is 0.252 e. The van der Waals surface area contributed by atoms with E-state index >= 15 is 0 Å². The molecule has 0 bridgehead atoms. The summed E-state index contributed by atoms with van der Waals surface area (Å²) < 4.78 is 0. The van der Waals surface area contributed by atoms with Crippen molar-refractivity contribution in [1.82, 2.24) is 10.6 Å². The maximum absolute atomic E-state index is 12.3. The molecule has 144 valence electrons. The summed E-state index contributed by atoms with van der Waals surface area (Å²) in [6.45, 7) is 4.50. The van der Waals surface area contributed by atoms with E-state index < -0.39 is 5.41 Å². The first-order valence-corrected chi connectivity index (χ1v) is 9.57. The van der Waals surface area contributed by atoms with Crippen molar-refractivity contribution < 1.29 is 9.59 Å². The molecular formula is C19H18Cl4N2O2. The minimum atomic E-state index is -0.400. The highest BCUT2D eigenvalue weighted by Gasteiger charge is 2.22. The number of halogens is 4. The van der Waals surface area contributed by atoms with E-state index in [1.54, 1.807) is 24.3 Å². The van der Waals surface area contributed by atoms with Gasteiger partial charge >= 0.3 is 0 Å². The SMILES string of the molecule is CC(C)(CNC(=O)c1ccc(Cl)cc1Cl)CNC(=O)c1ccc(Cl)cc1Cl. The fourth-order valence-electron chi connectivity index (χ4n) is 2.24. The quantitative estimate of drug-likeness (QED) is 0.615. The summed E-state index contributed by atoms with van der Waals surface area (Å²) in [5.41, 5.74) is 0.283. The Kier molecular flexibility index (Phi) is 7.40. The molecule has 2 N–H and O–H groups in total. The van der Waals surface area contributed by atoms with Crippen LogP contribution in [0.4, 0.5) is 0 Å². The van der Waals surface area contributed by atoms with E-state index in [9.17, 15) is 9.59 Å². The second kappa shape index (κ2) is 9.16. The van der Waals surface area contributed by atoms with Crippen molar-refractivity contribution in [2.45, 2.75) is 13.8 Å². The first kappa shape index (κ1) is 21.8. The molecule has 2 rings (SSSR count). The molecule has 0 aliphatic heterocycles. The fourth-order valence-corrected chi connectivity index (χ4v) is 3.23. The Balaban J connectivity index is 1.92. The number of benzene rings is 2. The molecule has 4 nitrogen and oxygen atoms in total. The molecule has 27 heavy (non-hydrogen) atoms. The number of nitrogens with one attached hydrogen (secondary N) is 2. The van der Waals surface area contributed by atoms with Crippen LogP contribution in [0.15, 0.2) is 36.4 Å². The Hall–Kier alpha value is -1.46. The first-order chi connectivity index (χ1) is 12.6. The van der Waals surface area contributed by atoms with Crippen LogP contribution in [0.25, 0.3) is 0 Å². The second-order valence-corrected chi connectivity index (χ2v) is 8.47. The summed E-state index contributed by atoms with van der Waals surface area (Å²) in [5, 5.41) is 7.12. The number of hydrogen-bond donors (Lipinski definition) is 2. The van der Waals surface area contributed by atoms with Gasteiger partial charge < -0.3 is 10.6 Å². The van der Waals surface area contributed by atoms with Crippen LogP contribution in [0.2, 0.25) is 20.1 Å². The van der Waals surface area contributed by atoms with Crippen molar-refractivity contribution in [3.63, 3.8) is 0 Å². The molecule has 2 aromatic carbocycles. The predicted octanol–water partition coefficient (Wildman–Crippen LogP) is 5.49. The van der Waals surface area contributed by atoms with Crippen LogP contribution in [0.5, 0.6) is 0 Å². The minimum Gasteiger partial charge on any atom is -0.351 e. The van der Waals surface area contributed by atoms with E-state index in [0.29, 0.717) is 34.3 Å². The molecular weight excluding hydrogens is 430 g/mol. The average molecular weight is 448 g/mol. The molecule has 0 aromatic heterocycles. The molecule has 0 unspecified atom stereocenters. The van der Waals surface area contributed by atoms with Gasteiger partial charge in [0.15, 0.2) is 0 Å². The van der Waals surface area contributed by atoms with E-state index in [1.165, 1.54) is 12.1 Å². The van der Waals surface area contributed by atoms with Crippen LogP contribution < -0.4 is 10.6 Å². The van der Waals surface area contributed by atoms with Crippen molar-refractivity contribution in [2.75, 3.05) is 13.1 Å². The van der Waals surface area contributed by atoms with Crippen molar-refractivity contribution in [1.29, 1.82) is 0 Å². The van der Waals surface area contributed by atoms with Gasteiger partial charge in [0, 0.05) is 23.1 Å². The predicted molar refractivity (Wildman–Crippen MR) is 111 cm³/mol. The summed E-state index contributed by atoms with van der Waals surface area (Å²) in [7, 11) is 0. The van der Waals surface area contributed by atoms with Crippen LogP contribution in [-0.4, -0.2) is 24.9 Å². The summed E-state index contributed by atoms with van der Waals surface area (Å²) in [6.07, 6.45) is 0. The Bertz CT molecular complexity index is 799. The van der Waals surface area contributed by atoms with Gasteiger partial charge in [-0.05, 0) is 41.8 Å². The lowest BCUT2D eigenvalue weighted by Crippen LogP contribution is -2.42. The largest absolute Gasteiger partial charge is 0.351 e. The molecule has 0 radical (unpaired) electrons. The standard InChI is InChI=1S/C19H18Cl4N2O2/c1-19(2,9-24-17(26)13-5-3-11(20)7-15(13)22)10-25-18(27)14-6-4-12(21)8-16(14)23/h3-8H,9-10H2,1-2H3,(H,24,26)(H,25,27). The van der Waals surface area contributed by atoms with Crippen molar-refractivity contribution in [2.24, 2.45) is 5.41 Å². The topological polar surface area (TPSA) is 58.2 Å².